The fourth-order valence-corrected chi connectivity index (χ4v) is 3.86. The van der Waals surface area contributed by atoms with Crippen LogP contribution >= 0.6 is 33.9 Å². The molecule has 0 aromatic carbocycles. The molecule has 0 aliphatic carbocycles. The first-order valence-electron chi connectivity index (χ1n) is 10.0. The fourth-order valence-electron chi connectivity index (χ4n) is 2.51. The van der Waals surface area contributed by atoms with Crippen LogP contribution in [0.15, 0.2) is 27.5 Å². The van der Waals surface area contributed by atoms with E-state index in [1.807, 2.05) is 43.4 Å². The summed E-state index contributed by atoms with van der Waals surface area (Å²) in [5.41, 5.74) is -1.13. The van der Waals surface area contributed by atoms with Gasteiger partial charge in [0.25, 0.3) is 5.91 Å². The minimum atomic E-state index is -0.783. The molecule has 0 aliphatic heterocycles. The van der Waals surface area contributed by atoms with Crippen LogP contribution in [0.5, 0.6) is 5.75 Å². The molecule has 1 atom stereocenters. The molecule has 182 valence electrons. The van der Waals surface area contributed by atoms with E-state index in [0.29, 0.717) is 14.5 Å². The van der Waals surface area contributed by atoms with Crippen LogP contribution in [0.2, 0.25) is 0 Å². The topological polar surface area (TPSA) is 150 Å². The van der Waals surface area contributed by atoms with Gasteiger partial charge in [0.1, 0.15) is 11.9 Å². The van der Waals surface area contributed by atoms with Crippen molar-refractivity contribution in [3.63, 3.8) is 0 Å². The van der Waals surface area contributed by atoms with Crippen molar-refractivity contribution < 1.29 is 23.5 Å². The minimum absolute atomic E-state index is 0.00421. The lowest BCUT2D eigenvalue weighted by Gasteiger charge is -2.23. The Kier molecular flexibility index (Phi) is 8.04. The summed E-state index contributed by atoms with van der Waals surface area (Å²) in [5, 5.41) is 17.6. The van der Waals surface area contributed by atoms with Crippen LogP contribution in [0.4, 0.5) is 10.9 Å². The third-order valence-corrected chi connectivity index (χ3v) is 5.53. The van der Waals surface area contributed by atoms with E-state index in [9.17, 15) is 14.4 Å². The van der Waals surface area contributed by atoms with Gasteiger partial charge < -0.3 is 19.2 Å². The third kappa shape index (κ3) is 6.83. The number of halogens is 1. The molecule has 0 spiro atoms. The van der Waals surface area contributed by atoms with Crippen LogP contribution in [0.3, 0.4) is 0 Å². The second kappa shape index (κ2) is 10.6. The maximum atomic E-state index is 12.6. The summed E-state index contributed by atoms with van der Waals surface area (Å²) in [5.74, 6) is -0.761. The lowest BCUT2D eigenvalue weighted by atomic mass is 10.2. The highest BCUT2D eigenvalue weighted by atomic mass is 127. The molecule has 0 saturated heterocycles. The minimum Gasteiger partial charge on any atom is -0.480 e. The van der Waals surface area contributed by atoms with Gasteiger partial charge in [0.2, 0.25) is 21.9 Å². The van der Waals surface area contributed by atoms with Gasteiger partial charge in [0.05, 0.1) is 22.0 Å². The Morgan fingerprint density at radius 2 is 2.03 bits per heavy atom. The predicted molar refractivity (Wildman–Crippen MR) is 133 cm³/mol. The number of hydrogen-bond acceptors (Lipinski definition) is 10. The number of nitrogens with one attached hydrogen (secondary N) is 2. The molecule has 2 N–H and O–H groups in total. The zero-order chi connectivity index (χ0) is 25.0. The maximum Gasteiger partial charge on any atom is 0.380 e. The van der Waals surface area contributed by atoms with Gasteiger partial charge in [-0.15, -0.1) is 10.2 Å². The molecule has 0 bridgehead atoms. The highest BCUT2D eigenvalue weighted by Gasteiger charge is 2.21. The summed E-state index contributed by atoms with van der Waals surface area (Å²) in [6, 6.07) is 2.99. The number of nitrogens with zero attached hydrogens (tertiary/aromatic N) is 4. The van der Waals surface area contributed by atoms with Crippen LogP contribution in [-0.4, -0.2) is 50.1 Å². The third-order valence-electron chi connectivity index (χ3n) is 3.92. The molecule has 3 aromatic heterocycles. The molecule has 2 amide bonds. The molecule has 14 heteroatoms. The molecule has 0 radical (unpaired) electrons. The number of aromatic nitrogens is 4. The summed E-state index contributed by atoms with van der Waals surface area (Å²) >= 11 is 2.92. The molecular weight excluding hydrogens is 579 g/mol. The van der Waals surface area contributed by atoms with Gasteiger partial charge >= 0.3 is 5.63 Å². The lowest BCUT2D eigenvalue weighted by molar-refractivity contribution is -0.114. The van der Waals surface area contributed by atoms with E-state index in [1.165, 1.54) is 23.9 Å². The number of hydrogen-bond donors (Lipinski definition) is 2. The van der Waals surface area contributed by atoms with E-state index in [0.717, 1.165) is 11.3 Å². The van der Waals surface area contributed by atoms with Gasteiger partial charge in [-0.3, -0.25) is 14.9 Å². The van der Waals surface area contributed by atoms with Gasteiger partial charge in [-0.1, -0.05) is 11.3 Å². The Morgan fingerprint density at radius 3 is 2.68 bits per heavy atom. The van der Waals surface area contributed by atoms with Crippen molar-refractivity contribution in [1.82, 2.24) is 20.0 Å². The zero-order valence-corrected chi connectivity index (χ0v) is 22.0. The molecule has 34 heavy (non-hydrogen) atoms. The van der Waals surface area contributed by atoms with E-state index in [-0.39, 0.29) is 34.8 Å². The van der Waals surface area contributed by atoms with Crippen molar-refractivity contribution >= 4 is 56.7 Å². The molecule has 0 fully saturated rings. The second-order valence-corrected chi connectivity index (χ2v) is 10.2. The fraction of sp³-hybridized carbons (Fsp3) is 0.400. The van der Waals surface area contributed by atoms with Crippen molar-refractivity contribution in [2.45, 2.75) is 46.3 Å². The van der Waals surface area contributed by atoms with Gasteiger partial charge in [-0.05, 0) is 50.3 Å². The average molecular weight is 602 g/mol. The summed E-state index contributed by atoms with van der Waals surface area (Å²) in [4.78, 5) is 36.4. The van der Waals surface area contributed by atoms with Crippen molar-refractivity contribution in [3.05, 3.63) is 38.1 Å². The number of carbonyl (C=O) groups excluding carboxylic acids is 2. The van der Waals surface area contributed by atoms with E-state index < -0.39 is 17.6 Å². The molecule has 0 aliphatic rings. The standard InChI is InChI=1S/C20H23IN6O6S/c1-10(9-31-20(3,4)5)32-15-12(21)8-13(33-17(15)30)16(29)24-18-25-26-19(34-18)27-14(6-7-22-27)23-11(2)28/h6-8,10H,9H2,1-5H3,(H,23,28)(H,24,25,29). The molecule has 12 nitrogen and oxygen atoms in total. The van der Waals surface area contributed by atoms with Gasteiger partial charge in [0, 0.05) is 19.1 Å². The van der Waals surface area contributed by atoms with Crippen LogP contribution < -0.4 is 21.0 Å². The molecule has 1 unspecified atom stereocenters. The Bertz CT molecular complexity index is 1250. The number of amides is 2. The first kappa shape index (κ1) is 25.8. The molecule has 3 aromatic rings. The monoisotopic (exact) mass is 602 g/mol. The first-order chi connectivity index (χ1) is 15.9. The molecule has 3 heterocycles. The summed E-state index contributed by atoms with van der Waals surface area (Å²) in [6.07, 6.45) is 1.08. The number of anilines is 2. The van der Waals surface area contributed by atoms with Gasteiger partial charge in [-0.2, -0.15) is 9.78 Å². The van der Waals surface area contributed by atoms with E-state index in [2.05, 4.69) is 25.9 Å². The summed E-state index contributed by atoms with van der Waals surface area (Å²) in [6.45, 7) is 9.18. The smallest absolute Gasteiger partial charge is 0.380 e. The highest BCUT2D eigenvalue weighted by molar-refractivity contribution is 14.1. The normalized spacial score (nSPS) is 12.3. The predicted octanol–water partition coefficient (Wildman–Crippen LogP) is 3.07. The second-order valence-electron chi connectivity index (χ2n) is 8.08. The Labute approximate surface area is 212 Å². The SMILES string of the molecule is CC(=O)Nc1ccnn1-c1nnc(NC(=O)c2cc(I)c(OC(C)COC(C)(C)C)c(=O)o2)s1. The first-order valence-corrected chi connectivity index (χ1v) is 11.9. The molecule has 0 saturated carbocycles. The summed E-state index contributed by atoms with van der Waals surface area (Å²) < 4.78 is 18.3. The van der Waals surface area contributed by atoms with Crippen molar-refractivity contribution in [2.24, 2.45) is 0 Å². The zero-order valence-electron chi connectivity index (χ0n) is 19.0. The van der Waals surface area contributed by atoms with E-state index >= 15 is 0 Å². The number of rotatable bonds is 8. The maximum absolute atomic E-state index is 12.6. The Morgan fingerprint density at radius 1 is 1.29 bits per heavy atom. The lowest BCUT2D eigenvalue weighted by Crippen LogP contribution is -2.29. The largest absolute Gasteiger partial charge is 0.480 e. The average Bonchev–Trinajstić information content (AvgIpc) is 3.37. The Hall–Kier alpha value is -2.85. The molecular formula is C20H23IN6O6S. The number of carbonyl (C=O) groups is 2. The van der Waals surface area contributed by atoms with E-state index in [1.54, 1.807) is 13.0 Å². The van der Waals surface area contributed by atoms with Crippen LogP contribution in [0.25, 0.3) is 5.13 Å². The van der Waals surface area contributed by atoms with Crippen molar-refractivity contribution in [2.75, 3.05) is 17.2 Å². The highest BCUT2D eigenvalue weighted by Crippen LogP contribution is 2.24. The Balaban J connectivity index is 1.70. The van der Waals surface area contributed by atoms with Crippen molar-refractivity contribution in [3.8, 4) is 10.9 Å². The van der Waals surface area contributed by atoms with E-state index in [4.69, 9.17) is 13.9 Å². The van der Waals surface area contributed by atoms with Gasteiger partial charge in [-0.25, -0.2) is 4.79 Å². The van der Waals surface area contributed by atoms with Crippen LogP contribution in [0, 0.1) is 3.57 Å². The molecule has 3 rings (SSSR count). The van der Waals surface area contributed by atoms with Gasteiger partial charge in [0.15, 0.2) is 5.76 Å². The number of ether oxygens (including phenoxy) is 2. The summed E-state index contributed by atoms with van der Waals surface area (Å²) in [7, 11) is 0. The quantitative estimate of drug-likeness (QED) is 0.371. The van der Waals surface area contributed by atoms with Crippen LogP contribution in [0.1, 0.15) is 45.2 Å². The van der Waals surface area contributed by atoms with Crippen LogP contribution in [-0.2, 0) is 9.53 Å². The van der Waals surface area contributed by atoms with Crippen molar-refractivity contribution in [1.29, 1.82) is 0 Å².